The predicted molar refractivity (Wildman–Crippen MR) is 111 cm³/mol. The fourth-order valence-corrected chi connectivity index (χ4v) is 4.18. The molecule has 3 aliphatic rings. The smallest absolute Gasteiger partial charge is 0.475 e. The molecule has 1 aromatic heterocycles. The van der Waals surface area contributed by atoms with Crippen LogP contribution < -0.4 is 10.6 Å². The number of carbonyl (C=O) groups excluding carboxylic acids is 3. The number of imide groups is 1. The fraction of sp³-hybridized carbons (Fsp3) is 0.429. The van der Waals surface area contributed by atoms with Gasteiger partial charge in [0, 0.05) is 31.0 Å². The molecule has 11 nitrogen and oxygen atoms in total. The normalized spacial score (nSPS) is 21.9. The molecule has 3 N–H and O–H groups in total. The molecule has 2 unspecified atom stereocenters. The quantitative estimate of drug-likeness (QED) is 0.530. The maximum absolute atomic E-state index is 12.9. The highest BCUT2D eigenvalue weighted by atomic mass is 19.4. The van der Waals surface area contributed by atoms with Crippen molar-refractivity contribution in [2.45, 2.75) is 43.9 Å². The molecule has 14 heteroatoms. The first-order chi connectivity index (χ1) is 16.5. The van der Waals surface area contributed by atoms with E-state index in [2.05, 4.69) is 20.9 Å². The Hall–Kier alpha value is -3.81. The highest BCUT2D eigenvalue weighted by molar-refractivity contribution is 6.05. The number of aromatic nitrogens is 3. The molecule has 186 valence electrons. The average Bonchev–Trinajstić information content (AvgIpc) is 3.54. The summed E-state index contributed by atoms with van der Waals surface area (Å²) in [7, 11) is 0. The highest BCUT2D eigenvalue weighted by Gasteiger charge is 2.39. The van der Waals surface area contributed by atoms with Crippen LogP contribution in [-0.4, -0.2) is 74.0 Å². The molecule has 4 heterocycles. The summed E-state index contributed by atoms with van der Waals surface area (Å²) in [6.07, 6.45) is -1.52. The molecule has 2 saturated heterocycles. The Labute approximate surface area is 196 Å². The van der Waals surface area contributed by atoms with Gasteiger partial charge in [-0.2, -0.15) is 13.2 Å². The zero-order valence-electron chi connectivity index (χ0n) is 18.2. The topological polar surface area (TPSA) is 147 Å². The SMILES string of the molecule is O=C(O)C(F)(F)F.O=C1CCC(N2Cc3ccc(-n4cc(C5CCNC5)nn4)cc3C2=O)C(=O)N1. The number of nitrogens with one attached hydrogen (secondary N) is 2. The first kappa shape index (κ1) is 24.3. The summed E-state index contributed by atoms with van der Waals surface area (Å²) >= 11 is 0. The minimum atomic E-state index is -5.08. The first-order valence-corrected chi connectivity index (χ1v) is 10.8. The van der Waals surface area contributed by atoms with Crippen molar-refractivity contribution in [1.82, 2.24) is 30.5 Å². The van der Waals surface area contributed by atoms with E-state index in [1.807, 2.05) is 18.3 Å². The number of fused-ring (bicyclic) bond motifs is 1. The maximum atomic E-state index is 12.9. The largest absolute Gasteiger partial charge is 0.490 e. The van der Waals surface area contributed by atoms with E-state index in [4.69, 9.17) is 9.90 Å². The second-order valence-corrected chi connectivity index (χ2v) is 8.32. The van der Waals surface area contributed by atoms with Crippen LogP contribution in [-0.2, 0) is 20.9 Å². The van der Waals surface area contributed by atoms with Crippen molar-refractivity contribution in [2.24, 2.45) is 0 Å². The lowest BCUT2D eigenvalue weighted by Crippen LogP contribution is -2.52. The highest BCUT2D eigenvalue weighted by Crippen LogP contribution is 2.29. The molecule has 0 aliphatic carbocycles. The van der Waals surface area contributed by atoms with Gasteiger partial charge in [0.15, 0.2) is 0 Å². The van der Waals surface area contributed by atoms with E-state index in [-0.39, 0.29) is 18.2 Å². The van der Waals surface area contributed by atoms with Crippen molar-refractivity contribution < 1.29 is 37.5 Å². The predicted octanol–water partition coefficient (Wildman–Crippen LogP) is 0.738. The first-order valence-electron chi connectivity index (χ1n) is 10.8. The number of benzene rings is 1. The average molecular weight is 494 g/mol. The number of carboxylic acid groups (broad SMARTS) is 1. The van der Waals surface area contributed by atoms with Crippen molar-refractivity contribution in [3.8, 4) is 5.69 Å². The summed E-state index contributed by atoms with van der Waals surface area (Å²) < 4.78 is 33.4. The molecule has 35 heavy (non-hydrogen) atoms. The number of carbonyl (C=O) groups is 4. The minimum Gasteiger partial charge on any atom is -0.475 e. The lowest BCUT2D eigenvalue weighted by atomic mass is 10.0. The monoisotopic (exact) mass is 494 g/mol. The van der Waals surface area contributed by atoms with Gasteiger partial charge < -0.3 is 15.3 Å². The van der Waals surface area contributed by atoms with E-state index in [0.717, 1.165) is 36.5 Å². The van der Waals surface area contributed by atoms with Crippen LogP contribution in [0.4, 0.5) is 13.2 Å². The number of halogens is 3. The van der Waals surface area contributed by atoms with Gasteiger partial charge in [0.2, 0.25) is 11.8 Å². The van der Waals surface area contributed by atoms with E-state index < -0.39 is 24.1 Å². The summed E-state index contributed by atoms with van der Waals surface area (Å²) in [5.74, 6) is -3.26. The van der Waals surface area contributed by atoms with Gasteiger partial charge in [-0.25, -0.2) is 9.48 Å². The number of amides is 3. The van der Waals surface area contributed by atoms with E-state index in [1.54, 1.807) is 15.6 Å². The van der Waals surface area contributed by atoms with Crippen molar-refractivity contribution in [1.29, 1.82) is 0 Å². The molecule has 0 saturated carbocycles. The summed E-state index contributed by atoms with van der Waals surface area (Å²) in [6.45, 7) is 2.26. The number of nitrogens with zero attached hydrogens (tertiary/aromatic N) is 4. The zero-order valence-corrected chi connectivity index (χ0v) is 18.2. The third-order valence-electron chi connectivity index (χ3n) is 6.01. The molecule has 3 aliphatic heterocycles. The Balaban J connectivity index is 0.000000364. The number of hydrogen-bond donors (Lipinski definition) is 3. The standard InChI is InChI=1S/C19H20N6O3.C2HF3O2/c26-17-4-3-16(18(27)21-17)24-9-12-1-2-13(7-14(12)19(24)28)25-10-15(22-23-25)11-5-6-20-8-11;3-2(4,5)1(6)7/h1-2,7,10-11,16,20H,3-6,8-9H2,(H,21,26,27);(H,6,7). The lowest BCUT2D eigenvalue weighted by molar-refractivity contribution is -0.192. The Bertz CT molecular complexity index is 1170. The van der Waals surface area contributed by atoms with Crippen molar-refractivity contribution in [3.05, 3.63) is 41.2 Å². The number of piperidine rings is 1. The second kappa shape index (κ2) is 9.44. The molecule has 0 bridgehead atoms. The molecule has 1 aromatic carbocycles. The number of rotatable bonds is 3. The van der Waals surface area contributed by atoms with Crippen LogP contribution in [0, 0.1) is 0 Å². The van der Waals surface area contributed by atoms with Crippen LogP contribution in [0.15, 0.2) is 24.4 Å². The summed E-state index contributed by atoms with van der Waals surface area (Å²) in [5.41, 5.74) is 3.16. The molecule has 5 rings (SSSR count). The van der Waals surface area contributed by atoms with Crippen molar-refractivity contribution in [2.75, 3.05) is 13.1 Å². The van der Waals surface area contributed by atoms with Crippen molar-refractivity contribution >= 4 is 23.7 Å². The molecule has 0 spiro atoms. The van der Waals surface area contributed by atoms with Gasteiger partial charge in [0.1, 0.15) is 6.04 Å². The molecule has 0 radical (unpaired) electrons. The van der Waals surface area contributed by atoms with E-state index in [0.29, 0.717) is 24.4 Å². The van der Waals surface area contributed by atoms with Gasteiger partial charge in [-0.1, -0.05) is 11.3 Å². The van der Waals surface area contributed by atoms with E-state index in [9.17, 15) is 27.6 Å². The molecule has 2 aromatic rings. The maximum Gasteiger partial charge on any atom is 0.490 e. The van der Waals surface area contributed by atoms with Crippen LogP contribution >= 0.6 is 0 Å². The number of carboxylic acids is 1. The molecule has 3 amide bonds. The van der Waals surface area contributed by atoms with Gasteiger partial charge in [0.05, 0.1) is 17.6 Å². The molecular weight excluding hydrogens is 473 g/mol. The second-order valence-electron chi connectivity index (χ2n) is 8.32. The number of alkyl halides is 3. The fourth-order valence-electron chi connectivity index (χ4n) is 4.18. The Morgan fingerprint density at radius 2 is 1.91 bits per heavy atom. The molecule has 2 fully saturated rings. The minimum absolute atomic E-state index is 0.188. The van der Waals surface area contributed by atoms with Crippen LogP contribution in [0.1, 0.15) is 46.8 Å². The van der Waals surface area contributed by atoms with Gasteiger partial charge >= 0.3 is 12.1 Å². The lowest BCUT2D eigenvalue weighted by Gasteiger charge is -2.29. The Kier molecular flexibility index (Phi) is 6.56. The Morgan fingerprint density at radius 3 is 2.54 bits per heavy atom. The third-order valence-corrected chi connectivity index (χ3v) is 6.01. The third kappa shape index (κ3) is 5.16. The zero-order chi connectivity index (χ0) is 25.3. The van der Waals surface area contributed by atoms with E-state index >= 15 is 0 Å². The van der Waals surface area contributed by atoms with Gasteiger partial charge in [-0.15, -0.1) is 5.10 Å². The Morgan fingerprint density at radius 1 is 1.17 bits per heavy atom. The van der Waals surface area contributed by atoms with Crippen LogP contribution in [0.5, 0.6) is 0 Å². The summed E-state index contributed by atoms with van der Waals surface area (Å²) in [5, 5.41) is 21.3. The van der Waals surface area contributed by atoms with Crippen LogP contribution in [0.2, 0.25) is 0 Å². The van der Waals surface area contributed by atoms with Gasteiger partial charge in [-0.3, -0.25) is 19.7 Å². The van der Waals surface area contributed by atoms with Crippen LogP contribution in [0.25, 0.3) is 5.69 Å². The van der Waals surface area contributed by atoms with Crippen molar-refractivity contribution in [3.63, 3.8) is 0 Å². The number of hydrogen-bond acceptors (Lipinski definition) is 7. The number of aliphatic carboxylic acids is 1. The van der Waals surface area contributed by atoms with Gasteiger partial charge in [-0.05, 0) is 37.1 Å². The van der Waals surface area contributed by atoms with E-state index in [1.165, 1.54) is 0 Å². The van der Waals surface area contributed by atoms with Crippen LogP contribution in [0.3, 0.4) is 0 Å². The summed E-state index contributed by atoms with van der Waals surface area (Å²) in [4.78, 5) is 46.9. The molecule has 2 atom stereocenters. The summed E-state index contributed by atoms with van der Waals surface area (Å²) in [6, 6.07) is 5.00. The molecular formula is C21H21F3N6O5. The van der Waals surface area contributed by atoms with Gasteiger partial charge in [0.25, 0.3) is 5.91 Å².